The molecule has 0 saturated carbocycles. The first-order valence-corrected chi connectivity index (χ1v) is 8.15. The van der Waals surface area contributed by atoms with Gasteiger partial charge in [-0.2, -0.15) is 0 Å². The number of aromatic nitrogens is 1. The summed E-state index contributed by atoms with van der Waals surface area (Å²) in [5.74, 6) is 2.04. The van der Waals surface area contributed by atoms with E-state index in [1.165, 1.54) is 17.3 Å². The van der Waals surface area contributed by atoms with Gasteiger partial charge in [0.2, 0.25) is 0 Å². The van der Waals surface area contributed by atoms with Gasteiger partial charge < -0.3 is 10.5 Å². The molecule has 0 radical (unpaired) electrons. The summed E-state index contributed by atoms with van der Waals surface area (Å²) in [4.78, 5) is 4.21. The molecular formula is C17H21N3OS. The van der Waals surface area contributed by atoms with Gasteiger partial charge in [0, 0.05) is 17.5 Å². The highest BCUT2D eigenvalue weighted by Crippen LogP contribution is 2.27. The van der Waals surface area contributed by atoms with Gasteiger partial charge in [-0.05, 0) is 29.5 Å². The molecule has 0 aliphatic rings. The van der Waals surface area contributed by atoms with Crippen LogP contribution in [0.25, 0.3) is 11.1 Å². The number of hydrogen-bond acceptors (Lipinski definition) is 4. The van der Waals surface area contributed by atoms with Gasteiger partial charge in [-0.25, -0.2) is 0 Å². The predicted molar refractivity (Wildman–Crippen MR) is 93.6 cm³/mol. The van der Waals surface area contributed by atoms with Crippen LogP contribution >= 0.6 is 11.8 Å². The van der Waals surface area contributed by atoms with Crippen LogP contribution in [-0.4, -0.2) is 23.0 Å². The SMILES string of the molecule is COc1cncc(-c2cccc(C(C)CCSC(=N)N)c2)c1. The summed E-state index contributed by atoms with van der Waals surface area (Å²) in [5.41, 5.74) is 8.84. The normalized spacial score (nSPS) is 11.9. The van der Waals surface area contributed by atoms with Crippen LogP contribution < -0.4 is 10.5 Å². The third-order valence-corrected chi connectivity index (χ3v) is 4.30. The second-order valence-corrected chi connectivity index (χ2v) is 6.28. The van der Waals surface area contributed by atoms with Crippen molar-refractivity contribution in [2.75, 3.05) is 12.9 Å². The van der Waals surface area contributed by atoms with Gasteiger partial charge in [-0.15, -0.1) is 0 Å². The van der Waals surface area contributed by atoms with E-state index in [0.29, 0.717) is 5.92 Å². The highest BCUT2D eigenvalue weighted by molar-refractivity contribution is 8.13. The lowest BCUT2D eigenvalue weighted by Gasteiger charge is -2.13. The molecule has 1 unspecified atom stereocenters. The molecule has 1 aromatic carbocycles. The zero-order valence-corrected chi connectivity index (χ0v) is 13.7. The Bertz CT molecular complexity index is 645. The van der Waals surface area contributed by atoms with E-state index in [1.54, 1.807) is 13.3 Å². The molecule has 5 heteroatoms. The number of ether oxygens (including phenoxy) is 1. The Balaban J connectivity index is 2.13. The van der Waals surface area contributed by atoms with Gasteiger partial charge in [0.1, 0.15) is 5.75 Å². The second kappa shape index (κ2) is 7.84. The molecule has 0 amide bonds. The highest BCUT2D eigenvalue weighted by atomic mass is 32.2. The number of hydrogen-bond donors (Lipinski definition) is 2. The molecule has 22 heavy (non-hydrogen) atoms. The molecule has 1 heterocycles. The van der Waals surface area contributed by atoms with Crippen molar-refractivity contribution in [1.29, 1.82) is 5.41 Å². The fraction of sp³-hybridized carbons (Fsp3) is 0.294. The molecule has 0 aliphatic carbocycles. The number of rotatable bonds is 6. The van der Waals surface area contributed by atoms with E-state index in [9.17, 15) is 0 Å². The lowest BCUT2D eigenvalue weighted by atomic mass is 9.95. The molecule has 0 bridgehead atoms. The van der Waals surface area contributed by atoms with Gasteiger partial charge in [-0.3, -0.25) is 10.4 Å². The van der Waals surface area contributed by atoms with Crippen molar-refractivity contribution in [3.05, 3.63) is 48.3 Å². The van der Waals surface area contributed by atoms with Gasteiger partial charge in [0.15, 0.2) is 5.17 Å². The number of methoxy groups -OCH3 is 1. The quantitative estimate of drug-likeness (QED) is 0.627. The van der Waals surface area contributed by atoms with Crippen molar-refractivity contribution in [2.24, 2.45) is 5.73 Å². The molecule has 1 atom stereocenters. The smallest absolute Gasteiger partial charge is 0.151 e. The van der Waals surface area contributed by atoms with E-state index in [1.807, 2.05) is 12.3 Å². The van der Waals surface area contributed by atoms with E-state index < -0.39 is 0 Å². The molecule has 2 rings (SSSR count). The van der Waals surface area contributed by atoms with Crippen LogP contribution in [0.3, 0.4) is 0 Å². The van der Waals surface area contributed by atoms with Crippen LogP contribution in [0.1, 0.15) is 24.8 Å². The second-order valence-electron chi connectivity index (χ2n) is 5.14. The lowest BCUT2D eigenvalue weighted by molar-refractivity contribution is 0.413. The minimum absolute atomic E-state index is 0.184. The summed E-state index contributed by atoms with van der Waals surface area (Å²) in [5, 5.41) is 7.43. The molecule has 3 N–H and O–H groups in total. The number of amidine groups is 1. The Morgan fingerprint density at radius 3 is 2.86 bits per heavy atom. The van der Waals surface area contributed by atoms with E-state index >= 15 is 0 Å². The first kappa shape index (κ1) is 16.4. The Hall–Kier alpha value is -2.01. The molecule has 1 aromatic heterocycles. The van der Waals surface area contributed by atoms with Crippen LogP contribution in [0.15, 0.2) is 42.7 Å². The maximum atomic E-state index is 7.25. The number of pyridine rings is 1. The van der Waals surface area contributed by atoms with Crippen molar-refractivity contribution in [3.8, 4) is 16.9 Å². The van der Waals surface area contributed by atoms with E-state index in [4.69, 9.17) is 15.9 Å². The lowest BCUT2D eigenvalue weighted by Crippen LogP contribution is -2.05. The number of nitrogens with zero attached hydrogens (tertiary/aromatic N) is 1. The molecular weight excluding hydrogens is 294 g/mol. The van der Waals surface area contributed by atoms with Crippen molar-refractivity contribution in [2.45, 2.75) is 19.3 Å². The van der Waals surface area contributed by atoms with E-state index in [2.05, 4.69) is 36.2 Å². The number of nitrogens with one attached hydrogen (secondary N) is 1. The Morgan fingerprint density at radius 1 is 1.32 bits per heavy atom. The summed E-state index contributed by atoms with van der Waals surface area (Å²) < 4.78 is 5.23. The Morgan fingerprint density at radius 2 is 2.14 bits per heavy atom. The topological polar surface area (TPSA) is 72.0 Å². The number of nitrogens with two attached hydrogens (primary N) is 1. The molecule has 0 fully saturated rings. The van der Waals surface area contributed by atoms with E-state index in [0.717, 1.165) is 29.1 Å². The van der Waals surface area contributed by atoms with Crippen LogP contribution in [-0.2, 0) is 0 Å². The summed E-state index contributed by atoms with van der Waals surface area (Å²) >= 11 is 1.39. The van der Waals surface area contributed by atoms with Gasteiger partial charge in [-0.1, -0.05) is 43.0 Å². The summed E-state index contributed by atoms with van der Waals surface area (Å²) in [6.07, 6.45) is 4.54. The van der Waals surface area contributed by atoms with Crippen LogP contribution in [0.4, 0.5) is 0 Å². The molecule has 0 aliphatic heterocycles. The third-order valence-electron chi connectivity index (χ3n) is 3.55. The van der Waals surface area contributed by atoms with Crippen molar-refractivity contribution in [3.63, 3.8) is 0 Å². The molecule has 2 aromatic rings. The first-order valence-electron chi connectivity index (χ1n) is 7.16. The van der Waals surface area contributed by atoms with Gasteiger partial charge in [0.25, 0.3) is 0 Å². The minimum atomic E-state index is 0.184. The third kappa shape index (κ3) is 4.49. The van der Waals surface area contributed by atoms with Crippen molar-refractivity contribution in [1.82, 2.24) is 4.98 Å². The predicted octanol–water partition coefficient (Wildman–Crippen LogP) is 3.88. The van der Waals surface area contributed by atoms with Crippen molar-refractivity contribution >= 4 is 16.9 Å². The average molecular weight is 315 g/mol. The standard InChI is InChI=1S/C17H21N3OS/c1-12(6-7-22-17(18)19)13-4-3-5-14(8-13)15-9-16(21-2)11-20-10-15/h3-5,8-12H,6-7H2,1-2H3,(H3,18,19). The number of benzene rings is 1. The Labute approximate surface area is 135 Å². The van der Waals surface area contributed by atoms with E-state index in [-0.39, 0.29) is 5.17 Å². The zero-order valence-electron chi connectivity index (χ0n) is 12.9. The molecule has 0 spiro atoms. The largest absolute Gasteiger partial charge is 0.495 e. The molecule has 0 saturated heterocycles. The summed E-state index contributed by atoms with van der Waals surface area (Å²) in [6.45, 7) is 2.20. The van der Waals surface area contributed by atoms with Gasteiger partial charge in [0.05, 0.1) is 13.3 Å². The minimum Gasteiger partial charge on any atom is -0.495 e. The zero-order chi connectivity index (χ0) is 15.9. The summed E-state index contributed by atoms with van der Waals surface area (Å²) in [7, 11) is 1.64. The van der Waals surface area contributed by atoms with Crippen LogP contribution in [0.5, 0.6) is 5.75 Å². The maximum Gasteiger partial charge on any atom is 0.151 e. The fourth-order valence-corrected chi connectivity index (χ4v) is 2.92. The highest BCUT2D eigenvalue weighted by Gasteiger charge is 2.08. The monoisotopic (exact) mass is 315 g/mol. The van der Waals surface area contributed by atoms with Crippen LogP contribution in [0.2, 0.25) is 0 Å². The van der Waals surface area contributed by atoms with Crippen molar-refractivity contribution < 1.29 is 4.74 Å². The van der Waals surface area contributed by atoms with Crippen LogP contribution in [0, 0.1) is 5.41 Å². The Kier molecular flexibility index (Phi) is 5.83. The summed E-state index contributed by atoms with van der Waals surface area (Å²) in [6, 6.07) is 10.5. The molecule has 4 nitrogen and oxygen atoms in total. The number of thioether (sulfide) groups is 1. The van der Waals surface area contributed by atoms with Gasteiger partial charge >= 0.3 is 0 Å². The first-order chi connectivity index (χ1) is 10.6. The average Bonchev–Trinajstić information content (AvgIpc) is 2.54. The fourth-order valence-electron chi connectivity index (χ4n) is 2.23. The molecule has 116 valence electrons. The maximum absolute atomic E-state index is 7.25.